The maximum Gasteiger partial charge on any atom is 0.412 e. The molecule has 0 spiro atoms. The van der Waals surface area contributed by atoms with Gasteiger partial charge in [0.1, 0.15) is 5.60 Å². The van der Waals surface area contributed by atoms with Gasteiger partial charge in [0.2, 0.25) is 0 Å². The molecular weight excluding hydrogens is 302 g/mol. The number of carbonyl (C=O) groups is 1. The van der Waals surface area contributed by atoms with Crippen molar-refractivity contribution in [3.05, 3.63) is 28.8 Å². The number of ether oxygens (including phenoxy) is 1. The van der Waals surface area contributed by atoms with E-state index in [9.17, 15) is 9.90 Å². The summed E-state index contributed by atoms with van der Waals surface area (Å²) in [6.45, 7) is 9.66. The predicted molar refractivity (Wildman–Crippen MR) is 88.5 cm³/mol. The molecule has 122 valence electrons. The van der Waals surface area contributed by atoms with Crippen molar-refractivity contribution in [2.75, 3.05) is 11.9 Å². The van der Waals surface area contributed by atoms with Crippen LogP contribution in [0.2, 0.25) is 5.02 Å². The van der Waals surface area contributed by atoms with Gasteiger partial charge in [-0.25, -0.2) is 4.79 Å². The predicted octanol–water partition coefficient (Wildman–Crippen LogP) is 4.35. The number of hydrogen-bond donors (Lipinski definition) is 2. The Balaban J connectivity index is 2.32. The lowest BCUT2D eigenvalue weighted by molar-refractivity contribution is 0.0635. The number of amides is 1. The van der Waals surface area contributed by atoms with E-state index in [1.54, 1.807) is 12.1 Å². The highest BCUT2D eigenvalue weighted by atomic mass is 35.5. The molecule has 2 N–H and O–H groups in total. The molecule has 1 aliphatic carbocycles. The highest BCUT2D eigenvalue weighted by Gasteiger charge is 2.62. The molecule has 0 heterocycles. The van der Waals surface area contributed by atoms with Crippen molar-refractivity contribution >= 4 is 23.4 Å². The molecule has 1 atom stereocenters. The van der Waals surface area contributed by atoms with Gasteiger partial charge in [-0.05, 0) is 56.4 Å². The second-order valence-electron chi connectivity index (χ2n) is 7.62. The number of aliphatic hydroxyl groups is 1. The third-order valence-corrected chi connectivity index (χ3v) is 4.55. The van der Waals surface area contributed by atoms with Crippen molar-refractivity contribution in [3.8, 4) is 0 Å². The number of halogens is 1. The standard InChI is InChI=1S/C17H24ClNO3/c1-15(2,3)22-14(21)19-13-7-6-11(18)8-12(13)17(10-20)9-16(17,4)5/h6-8,20H,9-10H2,1-5H3,(H,19,21). The first-order chi connectivity index (χ1) is 10.0. The molecule has 0 radical (unpaired) electrons. The zero-order valence-corrected chi connectivity index (χ0v) is 14.5. The van der Waals surface area contributed by atoms with Crippen molar-refractivity contribution in [1.82, 2.24) is 0 Å². The van der Waals surface area contributed by atoms with Crippen LogP contribution >= 0.6 is 11.6 Å². The lowest BCUT2D eigenvalue weighted by Gasteiger charge is -2.24. The summed E-state index contributed by atoms with van der Waals surface area (Å²) < 4.78 is 5.30. The summed E-state index contributed by atoms with van der Waals surface area (Å²) in [6, 6.07) is 5.30. The highest BCUT2D eigenvalue weighted by Crippen LogP contribution is 2.65. The molecule has 1 aromatic carbocycles. The number of aliphatic hydroxyl groups excluding tert-OH is 1. The number of benzene rings is 1. The minimum Gasteiger partial charge on any atom is -0.444 e. The molecule has 0 bridgehead atoms. The topological polar surface area (TPSA) is 58.6 Å². The van der Waals surface area contributed by atoms with Crippen molar-refractivity contribution < 1.29 is 14.6 Å². The van der Waals surface area contributed by atoms with Gasteiger partial charge in [-0.2, -0.15) is 0 Å². The summed E-state index contributed by atoms with van der Waals surface area (Å²) in [5.41, 5.74) is 0.528. The van der Waals surface area contributed by atoms with E-state index in [1.807, 2.05) is 26.8 Å². The van der Waals surface area contributed by atoms with Gasteiger partial charge in [0.15, 0.2) is 0 Å². The molecule has 4 nitrogen and oxygen atoms in total. The van der Waals surface area contributed by atoms with E-state index in [0.29, 0.717) is 10.7 Å². The lowest BCUT2D eigenvalue weighted by Crippen LogP contribution is -2.28. The van der Waals surface area contributed by atoms with Crippen LogP contribution in [0.3, 0.4) is 0 Å². The molecule has 0 aliphatic heterocycles. The second kappa shape index (κ2) is 5.43. The summed E-state index contributed by atoms with van der Waals surface area (Å²) in [5.74, 6) is 0. The Hall–Kier alpha value is -1.26. The van der Waals surface area contributed by atoms with Crippen LogP contribution in [0.5, 0.6) is 0 Å². The molecule has 22 heavy (non-hydrogen) atoms. The van der Waals surface area contributed by atoms with Gasteiger partial charge in [0.25, 0.3) is 0 Å². The summed E-state index contributed by atoms with van der Waals surface area (Å²) in [7, 11) is 0. The Morgan fingerprint density at radius 3 is 2.45 bits per heavy atom. The first-order valence-electron chi connectivity index (χ1n) is 7.42. The molecule has 1 fully saturated rings. The molecule has 0 aromatic heterocycles. The molecule has 1 aromatic rings. The van der Waals surface area contributed by atoms with Gasteiger partial charge in [-0.1, -0.05) is 25.4 Å². The minimum absolute atomic E-state index is 0.0172. The van der Waals surface area contributed by atoms with E-state index in [2.05, 4.69) is 19.2 Å². The Morgan fingerprint density at radius 2 is 2.00 bits per heavy atom. The molecule has 2 rings (SSSR count). The molecule has 0 saturated heterocycles. The quantitative estimate of drug-likeness (QED) is 0.868. The van der Waals surface area contributed by atoms with Gasteiger partial charge < -0.3 is 9.84 Å². The fraction of sp³-hybridized carbons (Fsp3) is 0.588. The second-order valence-corrected chi connectivity index (χ2v) is 8.05. The van der Waals surface area contributed by atoms with Gasteiger partial charge in [0.05, 0.1) is 6.61 Å². The van der Waals surface area contributed by atoms with Crippen molar-refractivity contribution in [1.29, 1.82) is 0 Å². The number of hydrogen-bond acceptors (Lipinski definition) is 3. The van der Waals surface area contributed by atoms with Gasteiger partial charge in [0, 0.05) is 16.1 Å². The van der Waals surface area contributed by atoms with Crippen LogP contribution in [0.25, 0.3) is 0 Å². The fourth-order valence-corrected chi connectivity index (χ4v) is 3.13. The van der Waals surface area contributed by atoms with E-state index >= 15 is 0 Å². The van der Waals surface area contributed by atoms with Crippen LogP contribution in [-0.2, 0) is 10.2 Å². The number of nitrogens with one attached hydrogen (secondary N) is 1. The Morgan fingerprint density at radius 1 is 1.41 bits per heavy atom. The molecule has 1 unspecified atom stereocenters. The van der Waals surface area contributed by atoms with Crippen LogP contribution in [0, 0.1) is 5.41 Å². The fourth-order valence-electron chi connectivity index (χ4n) is 2.96. The first kappa shape index (κ1) is 17.1. The summed E-state index contributed by atoms with van der Waals surface area (Å²) in [4.78, 5) is 12.0. The molecule has 5 heteroatoms. The summed E-state index contributed by atoms with van der Waals surface area (Å²) in [6.07, 6.45) is 0.336. The summed E-state index contributed by atoms with van der Waals surface area (Å²) in [5, 5.41) is 13.3. The third-order valence-electron chi connectivity index (χ3n) is 4.32. The average Bonchev–Trinajstić information content (AvgIpc) is 2.92. The monoisotopic (exact) mass is 325 g/mol. The number of anilines is 1. The largest absolute Gasteiger partial charge is 0.444 e. The van der Waals surface area contributed by atoms with Gasteiger partial charge in [-0.15, -0.1) is 0 Å². The molecule has 1 aliphatic rings. The normalized spacial score (nSPS) is 23.0. The van der Waals surface area contributed by atoms with E-state index in [1.165, 1.54) is 0 Å². The van der Waals surface area contributed by atoms with E-state index < -0.39 is 11.7 Å². The maximum absolute atomic E-state index is 12.0. The van der Waals surface area contributed by atoms with Crippen molar-refractivity contribution in [3.63, 3.8) is 0 Å². The van der Waals surface area contributed by atoms with Crippen LogP contribution < -0.4 is 5.32 Å². The van der Waals surface area contributed by atoms with Crippen LogP contribution in [0.4, 0.5) is 10.5 Å². The summed E-state index contributed by atoms with van der Waals surface area (Å²) >= 11 is 6.12. The third kappa shape index (κ3) is 3.23. The van der Waals surface area contributed by atoms with Gasteiger partial charge >= 0.3 is 6.09 Å². The minimum atomic E-state index is -0.565. The number of rotatable bonds is 3. The van der Waals surface area contributed by atoms with Gasteiger partial charge in [-0.3, -0.25) is 5.32 Å². The average molecular weight is 326 g/mol. The number of carbonyl (C=O) groups excluding carboxylic acids is 1. The molecule has 1 saturated carbocycles. The Kier molecular flexibility index (Phi) is 4.22. The zero-order chi connectivity index (χ0) is 16.8. The SMILES string of the molecule is CC(C)(C)OC(=O)Nc1ccc(Cl)cc1C1(CO)CC1(C)C. The highest BCUT2D eigenvalue weighted by molar-refractivity contribution is 6.30. The van der Waals surface area contributed by atoms with Crippen LogP contribution in [0.1, 0.15) is 46.6 Å². The zero-order valence-electron chi connectivity index (χ0n) is 13.8. The van der Waals surface area contributed by atoms with Crippen LogP contribution in [0.15, 0.2) is 18.2 Å². The Bertz CT molecular complexity index is 592. The van der Waals surface area contributed by atoms with E-state index in [0.717, 1.165) is 12.0 Å². The Labute approximate surface area is 136 Å². The first-order valence-corrected chi connectivity index (χ1v) is 7.79. The van der Waals surface area contributed by atoms with Crippen molar-refractivity contribution in [2.45, 2.75) is 52.1 Å². The molecule has 1 amide bonds. The van der Waals surface area contributed by atoms with Crippen LogP contribution in [-0.4, -0.2) is 23.4 Å². The van der Waals surface area contributed by atoms with E-state index in [4.69, 9.17) is 16.3 Å². The van der Waals surface area contributed by atoms with Crippen molar-refractivity contribution in [2.24, 2.45) is 5.41 Å². The smallest absolute Gasteiger partial charge is 0.412 e. The molecular formula is C17H24ClNO3. The maximum atomic E-state index is 12.0. The lowest BCUT2D eigenvalue weighted by atomic mass is 9.87. The van der Waals surface area contributed by atoms with E-state index in [-0.39, 0.29) is 17.4 Å².